The molecule has 0 radical (unpaired) electrons. The molecule has 0 aliphatic carbocycles. The number of benzene rings is 3. The third kappa shape index (κ3) is 14.8. The van der Waals surface area contributed by atoms with Gasteiger partial charge in [-0.3, -0.25) is 49.8 Å². The third-order valence-corrected chi connectivity index (χ3v) is 12.9. The van der Waals surface area contributed by atoms with E-state index < -0.39 is 36.3 Å². The van der Waals surface area contributed by atoms with Crippen LogP contribution in [0.3, 0.4) is 0 Å². The number of nitrogens with zero attached hydrogens (tertiary/aromatic N) is 7. The lowest BCUT2D eigenvalue weighted by atomic mass is 10.0. The number of aliphatic hydroxyl groups is 1. The van der Waals surface area contributed by atoms with E-state index in [9.17, 15) is 33.9 Å². The molecular weight excluding hydrogens is 983 g/mol. The molecule has 0 saturated carbocycles. The first-order chi connectivity index (χ1) is 37.2. The molecule has 8 rings (SSSR count). The van der Waals surface area contributed by atoms with E-state index in [1.807, 2.05) is 85.9 Å². The van der Waals surface area contributed by atoms with Crippen LogP contribution in [-0.4, -0.2) is 112 Å². The van der Waals surface area contributed by atoms with E-state index in [1.165, 1.54) is 18.5 Å². The Morgan fingerprint density at radius 1 is 0.818 bits per heavy atom. The summed E-state index contributed by atoms with van der Waals surface area (Å²) in [6, 6.07) is 28.3. The number of nitrogens with two attached hydrogens (primary N) is 1. The molecule has 5 heterocycles. The summed E-state index contributed by atoms with van der Waals surface area (Å²) in [5, 5.41) is 27.1. The average molecular weight is 1050 g/mol. The van der Waals surface area contributed by atoms with Gasteiger partial charge < -0.3 is 30.8 Å². The van der Waals surface area contributed by atoms with E-state index in [2.05, 4.69) is 36.3 Å². The first-order valence-corrected chi connectivity index (χ1v) is 25.6. The molecule has 1 aliphatic rings. The smallest absolute Gasteiger partial charge is 0.410 e. The van der Waals surface area contributed by atoms with Gasteiger partial charge in [-0.05, 0) is 109 Å². The van der Waals surface area contributed by atoms with Crippen molar-refractivity contribution in [1.82, 2.24) is 55.3 Å². The van der Waals surface area contributed by atoms with Crippen LogP contribution in [0.15, 0.2) is 122 Å². The van der Waals surface area contributed by atoms with Gasteiger partial charge >= 0.3 is 6.09 Å². The van der Waals surface area contributed by atoms with Crippen molar-refractivity contribution >= 4 is 57.7 Å². The highest BCUT2D eigenvalue weighted by Crippen LogP contribution is 2.30. The topological polar surface area (TPSA) is 284 Å². The number of ether oxygens (including phenoxy) is 1. The SMILES string of the molecule is Cc1cccc(-c2nc(CN(Cc3ccc4ccccc4c3)C(=O)OCc3ccc(NC(=O)C(CCCNC(N)O)NC(=O)[C@@H](NC(=O)CCCCCN4C(=O)C=CC4=O)C(C)C)cc3)[nH]c2-c2ccc3ncnn3c2)n1. The van der Waals surface area contributed by atoms with E-state index >= 15 is 0 Å². The van der Waals surface area contributed by atoms with E-state index in [-0.39, 0.29) is 69.3 Å². The molecule has 7 aromatic rings. The maximum atomic E-state index is 14.3. The van der Waals surface area contributed by atoms with Crippen LogP contribution in [-0.2, 0) is 48.4 Å². The fourth-order valence-corrected chi connectivity index (χ4v) is 8.86. The number of aromatic nitrogens is 6. The Bertz CT molecular complexity index is 3240. The minimum Gasteiger partial charge on any atom is -0.445 e. The number of rotatable bonds is 25. The van der Waals surface area contributed by atoms with Crippen molar-refractivity contribution < 1.29 is 38.6 Å². The summed E-state index contributed by atoms with van der Waals surface area (Å²) in [5.74, 6) is -1.96. The number of H-pyrrole nitrogens is 1. The molecule has 1 aliphatic heterocycles. The molecular formula is C56H63N13O8. The van der Waals surface area contributed by atoms with Crippen LogP contribution < -0.4 is 27.0 Å². The molecule has 0 saturated heterocycles. The number of aromatic amines is 1. The number of amides is 6. The predicted octanol–water partition coefficient (Wildman–Crippen LogP) is 5.64. The zero-order chi connectivity index (χ0) is 54.4. The summed E-state index contributed by atoms with van der Waals surface area (Å²) in [6.45, 7) is 6.14. The highest BCUT2D eigenvalue weighted by atomic mass is 16.6. The van der Waals surface area contributed by atoms with E-state index in [0.29, 0.717) is 65.5 Å². The van der Waals surface area contributed by atoms with Crippen LogP contribution in [0, 0.1) is 12.8 Å². The zero-order valence-electron chi connectivity index (χ0n) is 43.1. The largest absolute Gasteiger partial charge is 0.445 e. The number of aliphatic hydroxyl groups excluding tert-OH is 1. The molecule has 2 unspecified atom stereocenters. The van der Waals surface area contributed by atoms with Crippen molar-refractivity contribution in [2.75, 3.05) is 18.4 Å². The molecule has 400 valence electrons. The maximum absolute atomic E-state index is 14.3. The summed E-state index contributed by atoms with van der Waals surface area (Å²) in [6.07, 6.45) is 6.18. The van der Waals surface area contributed by atoms with Crippen molar-refractivity contribution in [3.63, 3.8) is 0 Å². The molecule has 3 aromatic carbocycles. The number of anilines is 1. The van der Waals surface area contributed by atoms with Crippen LogP contribution in [0.25, 0.3) is 39.1 Å². The first kappa shape index (κ1) is 54.6. The number of pyridine rings is 2. The van der Waals surface area contributed by atoms with Gasteiger partial charge in [0.2, 0.25) is 17.7 Å². The Hall–Kier alpha value is -8.66. The molecule has 0 spiro atoms. The summed E-state index contributed by atoms with van der Waals surface area (Å²) in [4.78, 5) is 98.8. The van der Waals surface area contributed by atoms with Gasteiger partial charge in [0.1, 0.15) is 36.5 Å². The van der Waals surface area contributed by atoms with Crippen LogP contribution in [0.1, 0.15) is 75.0 Å². The maximum Gasteiger partial charge on any atom is 0.410 e. The van der Waals surface area contributed by atoms with Gasteiger partial charge in [0, 0.05) is 54.8 Å². The highest BCUT2D eigenvalue weighted by Gasteiger charge is 2.30. The molecule has 21 nitrogen and oxygen atoms in total. The second-order valence-corrected chi connectivity index (χ2v) is 19.2. The van der Waals surface area contributed by atoms with Gasteiger partial charge in [-0.1, -0.05) is 74.9 Å². The Labute approximate surface area is 444 Å². The Balaban J connectivity index is 0.921. The molecule has 6 amide bonds. The first-order valence-electron chi connectivity index (χ1n) is 25.6. The summed E-state index contributed by atoms with van der Waals surface area (Å²) in [7, 11) is 0. The number of carbonyl (C=O) groups is 6. The lowest BCUT2D eigenvalue weighted by Crippen LogP contribution is -2.54. The number of fused-ring (bicyclic) bond motifs is 2. The number of hydrogen-bond acceptors (Lipinski definition) is 14. The molecule has 3 atom stereocenters. The monoisotopic (exact) mass is 1050 g/mol. The number of imide groups is 1. The standard InChI is InChI=1S/C56H63N13O8/c1-35(2)50(66-47(70)16-5-4-8-28-68-48(71)25-26-49(68)72)54(74)63-44(15-10-27-58-55(57)75)53(73)62-42-22-18-37(19-23-42)33-77-56(76)67(30-38-17-20-39-12-6-7-13-40(39)29-38)32-45-64-51(41-21-24-46-59-34-60-69(46)31-41)52(65-45)43-14-9-11-36(3)61-43/h6-7,9,11-14,17-26,29,31,34-35,44,50,55,58,75H,4-5,8,10,15-16,27-28,30,32-33,57H2,1-3H3,(H,62,73)(H,63,74)(H,64,65)(H,66,70)/t44?,50-,55?/m0/s1. The Morgan fingerprint density at radius 2 is 1.58 bits per heavy atom. The van der Waals surface area contributed by atoms with Crippen LogP contribution in [0.2, 0.25) is 0 Å². The van der Waals surface area contributed by atoms with E-state index in [1.54, 1.807) is 47.5 Å². The van der Waals surface area contributed by atoms with Crippen molar-refractivity contribution in [3.05, 3.63) is 144 Å². The van der Waals surface area contributed by atoms with Crippen molar-refractivity contribution in [2.45, 2.75) is 97.4 Å². The number of carbonyl (C=O) groups excluding carboxylic acids is 6. The van der Waals surface area contributed by atoms with E-state index in [4.69, 9.17) is 20.4 Å². The second kappa shape index (κ2) is 25.7. The highest BCUT2D eigenvalue weighted by molar-refractivity contribution is 6.12. The predicted molar refractivity (Wildman–Crippen MR) is 287 cm³/mol. The molecule has 0 bridgehead atoms. The number of aryl methyl sites for hydroxylation is 1. The van der Waals surface area contributed by atoms with Gasteiger partial charge in [-0.2, -0.15) is 5.10 Å². The van der Waals surface area contributed by atoms with Gasteiger partial charge in [0.05, 0.1) is 17.9 Å². The summed E-state index contributed by atoms with van der Waals surface area (Å²) in [5.41, 5.74) is 11.6. The van der Waals surface area contributed by atoms with Crippen molar-refractivity contribution in [2.24, 2.45) is 11.7 Å². The third-order valence-electron chi connectivity index (χ3n) is 12.9. The van der Waals surface area contributed by atoms with Crippen LogP contribution in [0.5, 0.6) is 0 Å². The normalized spacial score (nSPS) is 13.5. The average Bonchev–Trinajstić information content (AvgIpc) is 4.16. The van der Waals surface area contributed by atoms with Gasteiger partial charge in [0.25, 0.3) is 11.8 Å². The van der Waals surface area contributed by atoms with Crippen LogP contribution in [0.4, 0.5) is 10.5 Å². The summed E-state index contributed by atoms with van der Waals surface area (Å²) >= 11 is 0. The second-order valence-electron chi connectivity index (χ2n) is 19.2. The molecule has 0 fully saturated rings. The fraction of sp³-hybridized carbons (Fsp3) is 0.321. The van der Waals surface area contributed by atoms with Gasteiger partial charge in [-0.15, -0.1) is 0 Å². The number of hydrogen-bond donors (Lipinski definition) is 7. The zero-order valence-corrected chi connectivity index (χ0v) is 43.1. The Morgan fingerprint density at radius 3 is 2.34 bits per heavy atom. The molecule has 21 heteroatoms. The number of unbranched alkanes of at least 4 members (excludes halogenated alkanes) is 2. The Kier molecular flexibility index (Phi) is 18.2. The number of imidazole rings is 1. The minimum absolute atomic E-state index is 0.0545. The van der Waals surface area contributed by atoms with E-state index in [0.717, 1.165) is 32.5 Å². The van der Waals surface area contributed by atoms with Crippen LogP contribution >= 0.6 is 0 Å². The fourth-order valence-electron chi connectivity index (χ4n) is 8.86. The lowest BCUT2D eigenvalue weighted by Gasteiger charge is -2.25. The summed E-state index contributed by atoms with van der Waals surface area (Å²) < 4.78 is 7.65. The molecule has 4 aromatic heterocycles. The van der Waals surface area contributed by atoms with Gasteiger partial charge in [0.15, 0.2) is 12.0 Å². The van der Waals surface area contributed by atoms with Gasteiger partial charge in [-0.25, -0.2) is 19.3 Å². The molecule has 8 N–H and O–H groups in total. The minimum atomic E-state index is -1.27. The quantitative estimate of drug-likeness (QED) is 0.0207. The number of nitrogens with one attached hydrogen (secondary N) is 5. The van der Waals surface area contributed by atoms with Crippen molar-refractivity contribution in [3.8, 4) is 22.6 Å². The lowest BCUT2D eigenvalue weighted by molar-refractivity contribution is -0.137. The molecule has 77 heavy (non-hydrogen) atoms. The van der Waals surface area contributed by atoms with Crippen molar-refractivity contribution in [1.29, 1.82) is 0 Å².